The number of amides is 1. The molecule has 8 nitrogen and oxygen atoms in total. The van der Waals surface area contributed by atoms with E-state index in [1.807, 2.05) is 4.90 Å². The lowest BCUT2D eigenvalue weighted by molar-refractivity contribution is -0.147. The molecule has 4 rings (SSSR count). The summed E-state index contributed by atoms with van der Waals surface area (Å²) in [7, 11) is 1.51. The van der Waals surface area contributed by atoms with E-state index in [4.69, 9.17) is 14.2 Å². The number of esters is 2. The SMILES string of the molecule is COc1cccc(C(=O)Oc2ccc(C(=O)COC(=O)[C@@H]3CC(=O)N(C4CCCCC4)C3)cc2)c1. The first kappa shape index (κ1) is 24.4. The largest absolute Gasteiger partial charge is 0.497 e. The second-order valence-corrected chi connectivity index (χ2v) is 8.92. The van der Waals surface area contributed by atoms with Gasteiger partial charge in [0.05, 0.1) is 18.6 Å². The first-order valence-electron chi connectivity index (χ1n) is 11.9. The predicted octanol–water partition coefficient (Wildman–Crippen LogP) is 3.82. The van der Waals surface area contributed by atoms with E-state index in [-0.39, 0.29) is 29.9 Å². The molecule has 1 aliphatic heterocycles. The molecular formula is C27H29NO7. The van der Waals surface area contributed by atoms with Crippen LogP contribution in [-0.2, 0) is 14.3 Å². The van der Waals surface area contributed by atoms with Crippen molar-refractivity contribution in [1.82, 2.24) is 4.90 Å². The molecular weight excluding hydrogens is 450 g/mol. The smallest absolute Gasteiger partial charge is 0.343 e. The van der Waals surface area contributed by atoms with Gasteiger partial charge >= 0.3 is 11.9 Å². The summed E-state index contributed by atoms with van der Waals surface area (Å²) in [6.07, 6.45) is 5.51. The van der Waals surface area contributed by atoms with Gasteiger partial charge in [0.15, 0.2) is 12.4 Å². The van der Waals surface area contributed by atoms with E-state index in [1.165, 1.54) is 37.8 Å². The topological polar surface area (TPSA) is 99.2 Å². The molecule has 1 amide bonds. The number of benzene rings is 2. The van der Waals surface area contributed by atoms with Crippen LogP contribution in [0.4, 0.5) is 0 Å². The van der Waals surface area contributed by atoms with Gasteiger partial charge in [-0.25, -0.2) is 4.79 Å². The molecule has 0 aromatic heterocycles. The highest BCUT2D eigenvalue weighted by Gasteiger charge is 2.39. The van der Waals surface area contributed by atoms with E-state index in [0.717, 1.165) is 25.7 Å². The van der Waals surface area contributed by atoms with Gasteiger partial charge < -0.3 is 19.1 Å². The van der Waals surface area contributed by atoms with Crippen LogP contribution in [0.15, 0.2) is 48.5 Å². The molecule has 1 heterocycles. The Balaban J connectivity index is 1.26. The van der Waals surface area contributed by atoms with Gasteiger partial charge in [-0.3, -0.25) is 14.4 Å². The molecule has 2 fully saturated rings. The van der Waals surface area contributed by atoms with Gasteiger partial charge in [0.25, 0.3) is 0 Å². The molecule has 0 bridgehead atoms. The third-order valence-electron chi connectivity index (χ3n) is 6.55. The fourth-order valence-electron chi connectivity index (χ4n) is 4.60. The van der Waals surface area contributed by atoms with Crippen molar-refractivity contribution in [3.05, 3.63) is 59.7 Å². The number of Topliss-reactive ketones (excluding diaryl/α,β-unsaturated/α-hetero) is 1. The van der Waals surface area contributed by atoms with Gasteiger partial charge in [-0.15, -0.1) is 0 Å². The lowest BCUT2D eigenvalue weighted by Gasteiger charge is -2.31. The minimum atomic E-state index is -0.551. The number of carbonyl (C=O) groups is 4. The van der Waals surface area contributed by atoms with Crippen LogP contribution in [0, 0.1) is 5.92 Å². The Morgan fingerprint density at radius 1 is 0.943 bits per heavy atom. The Morgan fingerprint density at radius 3 is 2.40 bits per heavy atom. The van der Waals surface area contributed by atoms with Gasteiger partial charge in [-0.2, -0.15) is 0 Å². The van der Waals surface area contributed by atoms with Crippen LogP contribution in [0.1, 0.15) is 59.2 Å². The third kappa shape index (κ3) is 6.07. The molecule has 2 aromatic rings. The van der Waals surface area contributed by atoms with Crippen molar-refractivity contribution in [3.8, 4) is 11.5 Å². The van der Waals surface area contributed by atoms with E-state index >= 15 is 0 Å². The molecule has 8 heteroatoms. The average Bonchev–Trinajstić information content (AvgIpc) is 3.29. The Morgan fingerprint density at radius 2 is 1.69 bits per heavy atom. The molecule has 1 atom stereocenters. The Labute approximate surface area is 204 Å². The summed E-state index contributed by atoms with van der Waals surface area (Å²) in [5.74, 6) is -1.17. The first-order valence-corrected chi connectivity index (χ1v) is 11.9. The fraction of sp³-hybridized carbons (Fsp3) is 0.407. The molecule has 0 spiro atoms. The van der Waals surface area contributed by atoms with Crippen LogP contribution < -0.4 is 9.47 Å². The van der Waals surface area contributed by atoms with Crippen LogP contribution in [0.5, 0.6) is 11.5 Å². The predicted molar refractivity (Wildman–Crippen MR) is 126 cm³/mol. The van der Waals surface area contributed by atoms with E-state index in [9.17, 15) is 19.2 Å². The number of nitrogens with zero attached hydrogens (tertiary/aromatic N) is 1. The highest BCUT2D eigenvalue weighted by Crippen LogP contribution is 2.29. The van der Waals surface area contributed by atoms with Gasteiger partial charge in [-0.1, -0.05) is 25.3 Å². The second-order valence-electron chi connectivity index (χ2n) is 8.92. The Kier molecular flexibility index (Phi) is 7.80. The zero-order chi connectivity index (χ0) is 24.8. The van der Waals surface area contributed by atoms with Crippen molar-refractivity contribution in [2.75, 3.05) is 20.3 Å². The van der Waals surface area contributed by atoms with Gasteiger partial charge in [0, 0.05) is 24.6 Å². The maximum Gasteiger partial charge on any atom is 0.343 e. The van der Waals surface area contributed by atoms with Crippen molar-refractivity contribution in [3.63, 3.8) is 0 Å². The number of methoxy groups -OCH3 is 1. The quantitative estimate of drug-likeness (QED) is 0.322. The molecule has 1 saturated carbocycles. The average molecular weight is 480 g/mol. The number of hydrogen-bond acceptors (Lipinski definition) is 7. The minimum Gasteiger partial charge on any atom is -0.497 e. The summed E-state index contributed by atoms with van der Waals surface area (Å²) in [6, 6.07) is 12.8. The summed E-state index contributed by atoms with van der Waals surface area (Å²) < 4.78 is 15.7. The highest BCUT2D eigenvalue weighted by atomic mass is 16.5. The van der Waals surface area contributed by atoms with Crippen LogP contribution in [-0.4, -0.2) is 54.8 Å². The molecule has 2 aliphatic rings. The van der Waals surface area contributed by atoms with Gasteiger partial charge in [-0.05, 0) is 55.3 Å². The zero-order valence-corrected chi connectivity index (χ0v) is 19.7. The third-order valence-corrected chi connectivity index (χ3v) is 6.55. The van der Waals surface area contributed by atoms with Gasteiger partial charge in [0.1, 0.15) is 11.5 Å². The summed E-state index contributed by atoms with van der Waals surface area (Å²) in [4.78, 5) is 51.5. The number of rotatable bonds is 8. The van der Waals surface area contributed by atoms with Crippen molar-refractivity contribution < 1.29 is 33.4 Å². The molecule has 0 unspecified atom stereocenters. The first-order chi connectivity index (χ1) is 16.9. The molecule has 184 valence electrons. The number of carbonyl (C=O) groups excluding carboxylic acids is 4. The zero-order valence-electron chi connectivity index (χ0n) is 19.7. The van der Waals surface area contributed by atoms with E-state index in [1.54, 1.807) is 24.3 Å². The molecule has 0 radical (unpaired) electrons. The second kappa shape index (κ2) is 11.2. The van der Waals surface area contributed by atoms with Crippen molar-refractivity contribution in [1.29, 1.82) is 0 Å². The standard InChI is InChI=1S/C27H29NO7/c1-33-23-9-5-6-19(14-23)27(32)35-22-12-10-18(11-13-22)24(29)17-34-26(31)20-15-25(30)28(16-20)21-7-3-2-4-8-21/h5-6,9-14,20-21H,2-4,7-8,15-17H2,1H3/t20-/m1/s1. The Hall–Kier alpha value is -3.68. The van der Waals surface area contributed by atoms with Crippen molar-refractivity contribution in [2.45, 2.75) is 44.6 Å². The number of ether oxygens (including phenoxy) is 3. The minimum absolute atomic E-state index is 0.00995. The highest BCUT2D eigenvalue weighted by molar-refractivity contribution is 5.98. The summed E-state index contributed by atoms with van der Waals surface area (Å²) in [5.41, 5.74) is 0.661. The van der Waals surface area contributed by atoms with Crippen LogP contribution >= 0.6 is 0 Å². The maximum atomic E-state index is 12.5. The summed E-state index contributed by atoms with van der Waals surface area (Å²) >= 11 is 0. The monoisotopic (exact) mass is 479 g/mol. The number of hydrogen-bond donors (Lipinski definition) is 0. The molecule has 0 N–H and O–H groups in total. The van der Waals surface area contributed by atoms with E-state index in [0.29, 0.717) is 23.4 Å². The van der Waals surface area contributed by atoms with Crippen LogP contribution in [0.3, 0.4) is 0 Å². The lowest BCUT2D eigenvalue weighted by Crippen LogP contribution is -2.38. The fourth-order valence-corrected chi connectivity index (χ4v) is 4.60. The van der Waals surface area contributed by atoms with E-state index < -0.39 is 24.5 Å². The summed E-state index contributed by atoms with van der Waals surface area (Å²) in [5, 5.41) is 0. The Bertz CT molecular complexity index is 1090. The van der Waals surface area contributed by atoms with Gasteiger partial charge in [0.2, 0.25) is 5.91 Å². The van der Waals surface area contributed by atoms with Crippen molar-refractivity contribution in [2.24, 2.45) is 5.92 Å². The number of ketones is 1. The molecule has 1 aliphatic carbocycles. The van der Waals surface area contributed by atoms with E-state index in [2.05, 4.69) is 0 Å². The number of likely N-dealkylation sites (tertiary alicyclic amines) is 1. The van der Waals surface area contributed by atoms with Crippen LogP contribution in [0.2, 0.25) is 0 Å². The molecule has 35 heavy (non-hydrogen) atoms. The normalized spacial score (nSPS) is 18.3. The summed E-state index contributed by atoms with van der Waals surface area (Å²) in [6.45, 7) is -0.0419. The maximum absolute atomic E-state index is 12.5. The van der Waals surface area contributed by atoms with Crippen molar-refractivity contribution >= 4 is 23.6 Å². The lowest BCUT2D eigenvalue weighted by atomic mass is 9.94. The molecule has 1 saturated heterocycles. The molecule has 2 aromatic carbocycles. The van der Waals surface area contributed by atoms with Crippen LogP contribution in [0.25, 0.3) is 0 Å².